The van der Waals surface area contributed by atoms with Gasteiger partial charge < -0.3 is 4.40 Å². The number of hydrogen-bond donors (Lipinski definition) is 0. The van der Waals surface area contributed by atoms with Gasteiger partial charge in [0.15, 0.2) is 0 Å². The Balaban J connectivity index is 2.56. The van der Waals surface area contributed by atoms with Crippen LogP contribution in [0.3, 0.4) is 0 Å². The number of imidazole rings is 1. The first-order valence-corrected chi connectivity index (χ1v) is 6.23. The maximum Gasteiger partial charge on any atom is 0.137 e. The van der Waals surface area contributed by atoms with E-state index in [9.17, 15) is 0 Å². The maximum atomic E-state index is 5.92. The van der Waals surface area contributed by atoms with Gasteiger partial charge in [-0.1, -0.05) is 41.4 Å². The number of rotatable bonds is 2. The summed E-state index contributed by atoms with van der Waals surface area (Å²) < 4.78 is 1.96. The largest absolute Gasteiger partial charge is 0.305 e. The van der Waals surface area contributed by atoms with Crippen molar-refractivity contribution in [3.05, 3.63) is 35.2 Å². The molecule has 2 rings (SSSR count). The molecule has 0 bridgehead atoms. The molecule has 2 heterocycles. The fraction of sp³-hybridized carbons (Fsp3) is 0.364. The van der Waals surface area contributed by atoms with E-state index < -0.39 is 0 Å². The third-order valence-electron chi connectivity index (χ3n) is 2.44. The molecule has 0 fully saturated rings. The predicted molar refractivity (Wildman–Crippen MR) is 67.0 cm³/mol. The molecule has 2 aromatic rings. The molecule has 0 radical (unpaired) electrons. The summed E-state index contributed by atoms with van der Waals surface area (Å²) in [5.74, 6) is 0. The molecule has 80 valence electrons. The Labute approximate surface area is 102 Å². The van der Waals surface area contributed by atoms with Crippen LogP contribution >= 0.6 is 27.5 Å². The highest BCUT2D eigenvalue weighted by atomic mass is 79.9. The first-order valence-electron chi connectivity index (χ1n) is 4.74. The van der Waals surface area contributed by atoms with Crippen LogP contribution in [-0.4, -0.2) is 14.7 Å². The number of nitrogens with zero attached hydrogens (tertiary/aromatic N) is 2. The normalized spacial score (nSPS) is 12.3. The zero-order valence-corrected chi connectivity index (χ0v) is 11.0. The Morgan fingerprint density at radius 2 is 2.13 bits per heavy atom. The van der Waals surface area contributed by atoms with Gasteiger partial charge in [0.1, 0.15) is 5.65 Å². The minimum atomic E-state index is 0.0402. The minimum absolute atomic E-state index is 0.0402. The van der Waals surface area contributed by atoms with Crippen LogP contribution in [0.5, 0.6) is 0 Å². The van der Waals surface area contributed by atoms with E-state index in [1.807, 2.05) is 28.9 Å². The highest BCUT2D eigenvalue weighted by Crippen LogP contribution is 2.25. The second kappa shape index (κ2) is 3.80. The van der Waals surface area contributed by atoms with Gasteiger partial charge in [-0.2, -0.15) is 0 Å². The van der Waals surface area contributed by atoms with Crippen LogP contribution in [0.1, 0.15) is 19.5 Å². The van der Waals surface area contributed by atoms with E-state index in [0.717, 1.165) is 21.7 Å². The standard InChI is InChI=1S/C11H12BrClN2/c1-11(2,7-12)9-6-15-5-8(13)3-4-10(15)14-9/h3-6H,7H2,1-2H3. The summed E-state index contributed by atoms with van der Waals surface area (Å²) in [4.78, 5) is 4.57. The summed E-state index contributed by atoms with van der Waals surface area (Å²) in [5, 5.41) is 1.61. The molecule has 0 spiro atoms. The smallest absolute Gasteiger partial charge is 0.137 e. The second-order valence-electron chi connectivity index (χ2n) is 4.26. The SMILES string of the molecule is CC(C)(CBr)c1cn2cc(Cl)ccc2n1. The molecule has 2 nitrogen and oxygen atoms in total. The maximum absolute atomic E-state index is 5.92. The average molecular weight is 288 g/mol. The van der Waals surface area contributed by atoms with E-state index in [1.165, 1.54) is 0 Å². The van der Waals surface area contributed by atoms with Crippen LogP contribution in [0.2, 0.25) is 5.02 Å². The third-order valence-corrected chi connectivity index (χ3v) is 4.07. The molecule has 0 N–H and O–H groups in total. The Morgan fingerprint density at radius 3 is 2.80 bits per heavy atom. The van der Waals surface area contributed by atoms with Crippen molar-refractivity contribution in [1.82, 2.24) is 9.38 Å². The van der Waals surface area contributed by atoms with Gasteiger partial charge in [0.25, 0.3) is 0 Å². The van der Waals surface area contributed by atoms with Crippen LogP contribution in [0.15, 0.2) is 24.5 Å². The zero-order valence-electron chi connectivity index (χ0n) is 8.67. The summed E-state index contributed by atoms with van der Waals surface area (Å²) in [6.07, 6.45) is 3.90. The minimum Gasteiger partial charge on any atom is -0.305 e. The van der Waals surface area contributed by atoms with E-state index in [1.54, 1.807) is 0 Å². The highest BCUT2D eigenvalue weighted by molar-refractivity contribution is 9.09. The molecule has 0 aliphatic carbocycles. The zero-order chi connectivity index (χ0) is 11.1. The number of aromatic nitrogens is 2. The van der Waals surface area contributed by atoms with Crippen LogP contribution in [0.4, 0.5) is 0 Å². The fourth-order valence-corrected chi connectivity index (χ4v) is 1.81. The van der Waals surface area contributed by atoms with Crippen LogP contribution in [0.25, 0.3) is 5.65 Å². The summed E-state index contributed by atoms with van der Waals surface area (Å²) in [6.45, 7) is 4.32. The molecule has 0 saturated carbocycles. The molecule has 0 unspecified atom stereocenters. The van der Waals surface area contributed by atoms with Gasteiger partial charge >= 0.3 is 0 Å². The van der Waals surface area contributed by atoms with Crippen molar-refractivity contribution in [2.24, 2.45) is 0 Å². The number of hydrogen-bond acceptors (Lipinski definition) is 1. The van der Waals surface area contributed by atoms with Crippen molar-refractivity contribution in [3.8, 4) is 0 Å². The molecule has 0 aliphatic heterocycles. The molecule has 0 aliphatic rings. The van der Waals surface area contributed by atoms with Crippen LogP contribution in [-0.2, 0) is 5.41 Å². The molecule has 0 amide bonds. The van der Waals surface area contributed by atoms with Gasteiger partial charge in [0.2, 0.25) is 0 Å². The molecule has 0 saturated heterocycles. The van der Waals surface area contributed by atoms with Crippen molar-refractivity contribution in [1.29, 1.82) is 0 Å². The van der Waals surface area contributed by atoms with Gasteiger partial charge in [-0.15, -0.1) is 0 Å². The first kappa shape index (κ1) is 11.0. The van der Waals surface area contributed by atoms with Crippen molar-refractivity contribution in [2.75, 3.05) is 5.33 Å². The van der Waals surface area contributed by atoms with Crippen LogP contribution < -0.4 is 0 Å². The molecular formula is C11H12BrClN2. The molecule has 15 heavy (non-hydrogen) atoms. The molecular weight excluding hydrogens is 275 g/mol. The number of alkyl halides is 1. The molecule has 2 aromatic heterocycles. The van der Waals surface area contributed by atoms with Crippen molar-refractivity contribution in [3.63, 3.8) is 0 Å². The molecule has 4 heteroatoms. The lowest BCUT2D eigenvalue weighted by molar-refractivity contribution is 0.589. The van der Waals surface area contributed by atoms with Gasteiger partial charge in [0.05, 0.1) is 10.7 Å². The summed E-state index contributed by atoms with van der Waals surface area (Å²) in [7, 11) is 0. The topological polar surface area (TPSA) is 17.3 Å². The quantitative estimate of drug-likeness (QED) is 0.771. The molecule has 0 atom stereocenters. The Morgan fingerprint density at radius 1 is 1.40 bits per heavy atom. The van der Waals surface area contributed by atoms with E-state index in [2.05, 4.69) is 34.8 Å². The lowest BCUT2D eigenvalue weighted by Crippen LogP contribution is -2.19. The van der Waals surface area contributed by atoms with E-state index >= 15 is 0 Å². The molecule has 0 aromatic carbocycles. The lowest BCUT2D eigenvalue weighted by atomic mass is 9.93. The van der Waals surface area contributed by atoms with Crippen molar-refractivity contribution in [2.45, 2.75) is 19.3 Å². The third kappa shape index (κ3) is 2.04. The Bertz CT molecular complexity index is 490. The first-order chi connectivity index (χ1) is 7.03. The lowest BCUT2D eigenvalue weighted by Gasteiger charge is -2.17. The average Bonchev–Trinajstić information content (AvgIpc) is 2.61. The monoisotopic (exact) mass is 286 g/mol. The van der Waals surface area contributed by atoms with Gasteiger partial charge in [-0.25, -0.2) is 4.98 Å². The van der Waals surface area contributed by atoms with Crippen molar-refractivity contribution >= 4 is 33.2 Å². The van der Waals surface area contributed by atoms with Gasteiger partial charge in [-0.3, -0.25) is 0 Å². The summed E-state index contributed by atoms with van der Waals surface area (Å²) in [5.41, 5.74) is 2.04. The van der Waals surface area contributed by atoms with Gasteiger partial charge in [-0.05, 0) is 12.1 Å². The fourth-order valence-electron chi connectivity index (χ4n) is 1.36. The number of pyridine rings is 1. The Hall–Kier alpha value is -0.540. The van der Waals surface area contributed by atoms with E-state index in [-0.39, 0.29) is 5.41 Å². The summed E-state index contributed by atoms with van der Waals surface area (Å²) in [6, 6.07) is 3.78. The van der Waals surface area contributed by atoms with Gasteiger partial charge in [0, 0.05) is 23.1 Å². The number of fused-ring (bicyclic) bond motifs is 1. The van der Waals surface area contributed by atoms with E-state index in [4.69, 9.17) is 11.6 Å². The second-order valence-corrected chi connectivity index (χ2v) is 5.25. The van der Waals surface area contributed by atoms with E-state index in [0.29, 0.717) is 0 Å². The summed E-state index contributed by atoms with van der Waals surface area (Å²) >= 11 is 9.42. The predicted octanol–water partition coefficient (Wildman–Crippen LogP) is 3.66. The van der Waals surface area contributed by atoms with Crippen molar-refractivity contribution < 1.29 is 0 Å². The highest BCUT2D eigenvalue weighted by Gasteiger charge is 2.22. The Kier molecular flexibility index (Phi) is 2.77. The van der Waals surface area contributed by atoms with Crippen LogP contribution in [0, 0.1) is 0 Å². The number of halogens is 2.